The van der Waals surface area contributed by atoms with Crippen LogP contribution in [-0.2, 0) is 11.3 Å². The highest BCUT2D eigenvalue weighted by Crippen LogP contribution is 2.27. The number of carboxylic acid groups (broad SMARTS) is 1. The zero-order chi connectivity index (χ0) is 25.3. The average Bonchev–Trinajstić information content (AvgIpc) is 3.10. The van der Waals surface area contributed by atoms with Crippen LogP contribution in [0.2, 0.25) is 0 Å². The predicted molar refractivity (Wildman–Crippen MR) is 116 cm³/mol. The molecule has 4 aromatic rings. The number of halogens is 4. The number of fused-ring (bicyclic) bond motifs is 4. The molecule has 5 rings (SSSR count). The van der Waals surface area contributed by atoms with Gasteiger partial charge >= 0.3 is 12.1 Å². The molecule has 178 valence electrons. The highest BCUT2D eigenvalue weighted by atomic mass is 19.4. The molecule has 2 aromatic heterocycles. The summed E-state index contributed by atoms with van der Waals surface area (Å²) in [5.41, 5.74) is 1.47. The van der Waals surface area contributed by atoms with E-state index in [2.05, 4.69) is 15.3 Å². The van der Waals surface area contributed by atoms with Crippen molar-refractivity contribution in [3.63, 3.8) is 0 Å². The van der Waals surface area contributed by atoms with Crippen LogP contribution in [0.15, 0.2) is 65.6 Å². The van der Waals surface area contributed by atoms with Crippen LogP contribution in [0.1, 0.15) is 21.7 Å². The van der Waals surface area contributed by atoms with Gasteiger partial charge in [0, 0.05) is 12.7 Å². The van der Waals surface area contributed by atoms with E-state index < -0.39 is 23.7 Å². The van der Waals surface area contributed by atoms with Gasteiger partial charge in [-0.05, 0) is 48.0 Å². The number of pyridine rings is 1. The maximum absolute atomic E-state index is 13.5. The third kappa shape index (κ3) is 4.71. The van der Waals surface area contributed by atoms with Crippen LogP contribution < -0.4 is 10.9 Å². The molecule has 0 bridgehead atoms. The molecule has 12 heteroatoms. The zero-order valence-corrected chi connectivity index (χ0v) is 17.5. The summed E-state index contributed by atoms with van der Waals surface area (Å²) >= 11 is 0. The number of anilines is 1. The summed E-state index contributed by atoms with van der Waals surface area (Å²) in [5.74, 6) is -2.99. The maximum atomic E-state index is 13.5. The van der Waals surface area contributed by atoms with E-state index in [0.29, 0.717) is 23.1 Å². The lowest BCUT2D eigenvalue weighted by Crippen LogP contribution is -2.21. The number of alkyl halides is 3. The summed E-state index contributed by atoms with van der Waals surface area (Å²) in [6.07, 6.45) is -3.39. The highest BCUT2D eigenvalue weighted by molar-refractivity contribution is 6.13. The van der Waals surface area contributed by atoms with Crippen molar-refractivity contribution in [2.45, 2.75) is 12.7 Å². The smallest absolute Gasteiger partial charge is 0.475 e. The highest BCUT2D eigenvalue weighted by Gasteiger charge is 2.38. The number of ketones is 1. The second-order valence-corrected chi connectivity index (χ2v) is 7.29. The third-order valence-corrected chi connectivity index (χ3v) is 4.96. The van der Waals surface area contributed by atoms with Gasteiger partial charge in [-0.3, -0.25) is 14.2 Å². The fourth-order valence-corrected chi connectivity index (χ4v) is 3.38. The minimum absolute atomic E-state index is 0.0115. The molecule has 8 nitrogen and oxygen atoms in total. The fraction of sp³-hybridized carbons (Fsp3) is 0.0870. The number of rotatable bonds is 3. The molecule has 3 heterocycles. The Morgan fingerprint density at radius 2 is 1.80 bits per heavy atom. The Labute approximate surface area is 193 Å². The van der Waals surface area contributed by atoms with Crippen LogP contribution in [0.3, 0.4) is 0 Å². The van der Waals surface area contributed by atoms with Crippen LogP contribution in [0, 0.1) is 5.82 Å². The van der Waals surface area contributed by atoms with Crippen molar-refractivity contribution in [1.82, 2.24) is 14.5 Å². The first-order chi connectivity index (χ1) is 16.6. The molecule has 0 spiro atoms. The van der Waals surface area contributed by atoms with Crippen molar-refractivity contribution in [2.75, 3.05) is 5.32 Å². The largest absolute Gasteiger partial charge is 0.490 e. The Morgan fingerprint density at radius 3 is 2.46 bits per heavy atom. The number of hydrogen-bond acceptors (Lipinski definition) is 6. The maximum Gasteiger partial charge on any atom is 0.490 e. The summed E-state index contributed by atoms with van der Waals surface area (Å²) < 4.78 is 46.5. The van der Waals surface area contributed by atoms with Crippen molar-refractivity contribution in [3.8, 4) is 5.69 Å². The van der Waals surface area contributed by atoms with Crippen molar-refractivity contribution >= 4 is 28.5 Å². The van der Waals surface area contributed by atoms with E-state index in [0.717, 1.165) is 17.4 Å². The van der Waals surface area contributed by atoms with Gasteiger partial charge in [0.25, 0.3) is 5.56 Å². The van der Waals surface area contributed by atoms with E-state index in [1.807, 2.05) is 24.3 Å². The number of carbonyl (C=O) groups is 2. The molecule has 0 saturated heterocycles. The number of carboxylic acids is 1. The van der Waals surface area contributed by atoms with Gasteiger partial charge in [0.2, 0.25) is 5.78 Å². The molecule has 0 saturated carbocycles. The number of carbonyl (C=O) groups excluding carboxylic acids is 1. The topological polar surface area (TPSA) is 114 Å². The van der Waals surface area contributed by atoms with Crippen molar-refractivity contribution in [1.29, 1.82) is 0 Å². The van der Waals surface area contributed by atoms with Crippen LogP contribution in [-0.4, -0.2) is 37.6 Å². The van der Waals surface area contributed by atoms with E-state index in [1.54, 1.807) is 18.3 Å². The van der Waals surface area contributed by atoms with Gasteiger partial charge < -0.3 is 10.4 Å². The van der Waals surface area contributed by atoms with Crippen molar-refractivity contribution in [2.24, 2.45) is 0 Å². The van der Waals surface area contributed by atoms with E-state index in [9.17, 15) is 27.2 Å². The molecule has 0 amide bonds. The molecule has 35 heavy (non-hydrogen) atoms. The van der Waals surface area contributed by atoms with Gasteiger partial charge in [-0.2, -0.15) is 13.2 Å². The van der Waals surface area contributed by atoms with Crippen LogP contribution in [0.4, 0.5) is 23.4 Å². The molecular formula is C23H14F4N4O4. The Hall–Kier alpha value is -4.61. The SMILES string of the molecule is O=C(O)C(F)(F)F.O=C1c2cc(F)ccc2-n2c1nc1ccc(CNc3ccccn3)cc1c2=O. The van der Waals surface area contributed by atoms with E-state index in [4.69, 9.17) is 9.90 Å². The van der Waals surface area contributed by atoms with E-state index >= 15 is 0 Å². The summed E-state index contributed by atoms with van der Waals surface area (Å²) in [6, 6.07) is 14.7. The normalized spacial score (nSPS) is 11.9. The van der Waals surface area contributed by atoms with Gasteiger partial charge in [-0.1, -0.05) is 12.1 Å². The molecule has 0 aliphatic carbocycles. The molecule has 0 fully saturated rings. The second-order valence-electron chi connectivity index (χ2n) is 7.29. The lowest BCUT2D eigenvalue weighted by atomic mass is 10.1. The van der Waals surface area contributed by atoms with Gasteiger partial charge in [0.15, 0.2) is 5.82 Å². The number of benzene rings is 2. The summed E-state index contributed by atoms with van der Waals surface area (Å²) in [6.45, 7) is 0.481. The molecule has 0 unspecified atom stereocenters. The number of hydrogen-bond donors (Lipinski definition) is 2. The molecule has 2 N–H and O–H groups in total. The first kappa shape index (κ1) is 23.5. The van der Waals surface area contributed by atoms with Gasteiger partial charge in [0.05, 0.1) is 22.2 Å². The van der Waals surface area contributed by atoms with E-state index in [1.165, 1.54) is 16.7 Å². The monoisotopic (exact) mass is 486 g/mol. The summed E-state index contributed by atoms with van der Waals surface area (Å²) in [4.78, 5) is 43.1. The minimum atomic E-state index is -5.08. The standard InChI is InChI=1S/C21H13FN4O2.C2HF3O2/c22-13-5-7-17-15(10-13)19(27)20-25-16-6-4-12(9-14(16)21(28)26(17)20)11-24-18-3-1-2-8-23-18;3-2(4,5)1(6)7/h1-10H,11H2,(H,23,24);(H,6,7). The number of nitrogens with one attached hydrogen (secondary N) is 1. The van der Waals surface area contributed by atoms with Gasteiger partial charge in [-0.15, -0.1) is 0 Å². The average molecular weight is 486 g/mol. The minimum Gasteiger partial charge on any atom is -0.475 e. The Bertz CT molecular complexity index is 1520. The fourth-order valence-electron chi connectivity index (χ4n) is 3.38. The lowest BCUT2D eigenvalue weighted by Gasteiger charge is -2.08. The van der Waals surface area contributed by atoms with Crippen LogP contribution in [0.5, 0.6) is 0 Å². The number of nitrogens with zero attached hydrogens (tertiary/aromatic N) is 3. The Morgan fingerprint density at radius 1 is 1.06 bits per heavy atom. The Kier molecular flexibility index (Phi) is 6.03. The number of aromatic nitrogens is 3. The Balaban J connectivity index is 0.000000364. The zero-order valence-electron chi connectivity index (χ0n) is 17.5. The molecule has 0 radical (unpaired) electrons. The summed E-state index contributed by atoms with van der Waals surface area (Å²) in [7, 11) is 0. The van der Waals surface area contributed by atoms with E-state index in [-0.39, 0.29) is 16.9 Å². The van der Waals surface area contributed by atoms with Crippen LogP contribution in [0.25, 0.3) is 16.6 Å². The quantitative estimate of drug-likeness (QED) is 0.374. The first-order valence-corrected chi connectivity index (χ1v) is 9.91. The molecular weight excluding hydrogens is 472 g/mol. The molecule has 2 aromatic carbocycles. The third-order valence-electron chi connectivity index (χ3n) is 4.96. The van der Waals surface area contributed by atoms with Gasteiger partial charge in [-0.25, -0.2) is 19.2 Å². The molecule has 0 atom stereocenters. The molecule has 1 aliphatic rings. The van der Waals surface area contributed by atoms with Crippen molar-refractivity contribution < 1.29 is 32.3 Å². The predicted octanol–water partition coefficient (Wildman–Crippen LogP) is 3.71. The van der Waals surface area contributed by atoms with Crippen molar-refractivity contribution in [3.05, 3.63) is 93.9 Å². The summed E-state index contributed by atoms with van der Waals surface area (Å²) in [5, 5.41) is 10.7. The van der Waals surface area contributed by atoms with Gasteiger partial charge in [0.1, 0.15) is 11.6 Å². The van der Waals surface area contributed by atoms with Crippen LogP contribution >= 0.6 is 0 Å². The lowest BCUT2D eigenvalue weighted by molar-refractivity contribution is -0.192. The first-order valence-electron chi connectivity index (χ1n) is 9.91. The number of aliphatic carboxylic acids is 1. The molecule has 1 aliphatic heterocycles. The second kappa shape index (κ2) is 8.97.